The minimum Gasteiger partial charge on any atom is -0.208 e. The lowest BCUT2D eigenvalue weighted by Crippen LogP contribution is -2.17. The van der Waals surface area contributed by atoms with E-state index >= 15 is 0 Å². The number of aryl methyl sites for hydroxylation is 1. The number of nitrogens with zero attached hydrogens (tertiary/aromatic N) is 3. The molecule has 0 bridgehead atoms. The fourth-order valence-corrected chi connectivity index (χ4v) is 8.43. The molecule has 1 heterocycles. The summed E-state index contributed by atoms with van der Waals surface area (Å²) < 4.78 is 0. The van der Waals surface area contributed by atoms with Crippen molar-refractivity contribution < 1.29 is 0 Å². The monoisotopic (exact) mass is 633 g/mol. The molecule has 49 heavy (non-hydrogen) atoms. The first-order valence-corrected chi connectivity index (χ1v) is 17.5. The zero-order chi connectivity index (χ0) is 33.5. The standard InChI is InChI=1S/C46H39N3/c1-6-15-28-22-23-31-34(24-28)41-36-27-38-33(32-20-13-14-21-37(32)45(38,2)3)25-39(36)46(4,5)40(41)26-35(31)44-48-42(29-16-9-7-10-17-29)47-43(49-44)30-18-11-8-12-19-30/h7-14,16-27H,6,15H2,1-5H3. The summed E-state index contributed by atoms with van der Waals surface area (Å²) in [6, 6.07) is 43.9. The van der Waals surface area contributed by atoms with Crippen molar-refractivity contribution in [3.63, 3.8) is 0 Å². The SMILES string of the molecule is CCCc1ccc2c(-c3nc(-c4ccccc4)nc(-c4ccccc4)n3)cc3c(c2c1)-c1cc2c(cc1C3(C)C)-c1ccccc1C2(C)C. The van der Waals surface area contributed by atoms with Gasteiger partial charge in [0.1, 0.15) is 0 Å². The summed E-state index contributed by atoms with van der Waals surface area (Å²) >= 11 is 0. The molecular weight excluding hydrogens is 595 g/mol. The number of aromatic nitrogens is 3. The van der Waals surface area contributed by atoms with Crippen molar-refractivity contribution in [2.75, 3.05) is 0 Å². The highest BCUT2D eigenvalue weighted by atomic mass is 15.0. The van der Waals surface area contributed by atoms with Gasteiger partial charge in [0.25, 0.3) is 0 Å². The average molecular weight is 634 g/mol. The maximum atomic E-state index is 5.20. The van der Waals surface area contributed by atoms with Gasteiger partial charge in [0.05, 0.1) is 0 Å². The first kappa shape index (κ1) is 29.7. The molecule has 0 fully saturated rings. The van der Waals surface area contributed by atoms with Gasteiger partial charge in [0.2, 0.25) is 0 Å². The molecule has 0 N–H and O–H groups in total. The summed E-state index contributed by atoms with van der Waals surface area (Å²) in [6.07, 6.45) is 2.14. The summed E-state index contributed by atoms with van der Waals surface area (Å²) in [6.45, 7) is 11.8. The summed E-state index contributed by atoms with van der Waals surface area (Å²) in [5.41, 5.74) is 15.1. The van der Waals surface area contributed by atoms with E-state index in [0.29, 0.717) is 17.5 Å². The smallest absolute Gasteiger partial charge is 0.164 e. The van der Waals surface area contributed by atoms with Crippen molar-refractivity contribution in [1.29, 1.82) is 0 Å². The van der Waals surface area contributed by atoms with Gasteiger partial charge in [-0.3, -0.25) is 0 Å². The number of hydrogen-bond acceptors (Lipinski definition) is 3. The molecule has 2 aliphatic rings. The van der Waals surface area contributed by atoms with Gasteiger partial charge in [-0.25, -0.2) is 15.0 Å². The Morgan fingerprint density at radius 2 is 1.00 bits per heavy atom. The Hall–Kier alpha value is -5.41. The normalized spacial score (nSPS) is 14.7. The van der Waals surface area contributed by atoms with Crippen molar-refractivity contribution in [3.05, 3.63) is 149 Å². The lowest BCUT2D eigenvalue weighted by Gasteiger charge is -2.24. The van der Waals surface area contributed by atoms with Crippen LogP contribution in [0.2, 0.25) is 0 Å². The van der Waals surface area contributed by atoms with Crippen molar-refractivity contribution in [2.24, 2.45) is 0 Å². The Bertz CT molecular complexity index is 2380. The largest absolute Gasteiger partial charge is 0.208 e. The van der Waals surface area contributed by atoms with Crippen LogP contribution in [0, 0.1) is 0 Å². The third-order valence-corrected chi connectivity index (χ3v) is 11.0. The molecule has 0 unspecified atom stereocenters. The van der Waals surface area contributed by atoms with Crippen LogP contribution < -0.4 is 0 Å². The maximum absolute atomic E-state index is 5.20. The maximum Gasteiger partial charge on any atom is 0.164 e. The second-order valence-corrected chi connectivity index (χ2v) is 14.8. The van der Waals surface area contributed by atoms with E-state index in [9.17, 15) is 0 Å². The highest BCUT2D eigenvalue weighted by Crippen LogP contribution is 2.58. The molecular formula is C46H39N3. The lowest BCUT2D eigenvalue weighted by molar-refractivity contribution is 0.652. The van der Waals surface area contributed by atoms with Crippen LogP contribution in [-0.4, -0.2) is 15.0 Å². The number of benzene rings is 6. The van der Waals surface area contributed by atoms with Crippen LogP contribution in [0.3, 0.4) is 0 Å². The second kappa shape index (κ2) is 10.8. The molecule has 0 amide bonds. The topological polar surface area (TPSA) is 38.7 Å². The Morgan fingerprint density at radius 3 is 1.67 bits per heavy atom. The van der Waals surface area contributed by atoms with Gasteiger partial charge in [0.15, 0.2) is 17.5 Å². The van der Waals surface area contributed by atoms with Gasteiger partial charge >= 0.3 is 0 Å². The van der Waals surface area contributed by atoms with Crippen LogP contribution in [0.25, 0.3) is 67.2 Å². The van der Waals surface area contributed by atoms with Gasteiger partial charge in [-0.2, -0.15) is 0 Å². The minimum atomic E-state index is -0.220. The predicted molar refractivity (Wildman–Crippen MR) is 203 cm³/mol. The van der Waals surface area contributed by atoms with Gasteiger partial charge in [-0.15, -0.1) is 0 Å². The van der Waals surface area contributed by atoms with Crippen LogP contribution >= 0.6 is 0 Å². The first-order chi connectivity index (χ1) is 23.8. The number of rotatable bonds is 5. The first-order valence-electron chi connectivity index (χ1n) is 17.5. The highest BCUT2D eigenvalue weighted by Gasteiger charge is 2.42. The summed E-state index contributed by atoms with van der Waals surface area (Å²) in [7, 11) is 0. The van der Waals surface area contributed by atoms with Gasteiger partial charge < -0.3 is 0 Å². The Labute approximate surface area is 288 Å². The number of hydrogen-bond donors (Lipinski definition) is 0. The minimum absolute atomic E-state index is 0.0659. The van der Waals surface area contributed by atoms with E-state index in [4.69, 9.17) is 15.0 Å². The molecule has 6 aromatic carbocycles. The third kappa shape index (κ3) is 4.45. The number of fused-ring (bicyclic) bond motifs is 8. The van der Waals surface area contributed by atoms with Crippen LogP contribution in [0.5, 0.6) is 0 Å². The van der Waals surface area contributed by atoms with E-state index < -0.39 is 0 Å². The third-order valence-electron chi connectivity index (χ3n) is 11.0. The molecule has 3 nitrogen and oxygen atoms in total. The summed E-state index contributed by atoms with van der Waals surface area (Å²) in [5.74, 6) is 2.06. The molecule has 7 aromatic rings. The molecule has 1 aromatic heterocycles. The Balaban J connectivity index is 1.34. The van der Waals surface area contributed by atoms with Crippen LogP contribution in [-0.2, 0) is 17.3 Å². The van der Waals surface area contributed by atoms with Gasteiger partial charge in [0, 0.05) is 27.5 Å². The van der Waals surface area contributed by atoms with E-state index in [2.05, 4.69) is 120 Å². The Kier molecular flexibility index (Phi) is 6.55. The fourth-order valence-electron chi connectivity index (χ4n) is 8.43. The van der Waals surface area contributed by atoms with E-state index in [0.717, 1.165) is 29.5 Å². The predicted octanol–water partition coefficient (Wildman–Crippen LogP) is 11.6. The van der Waals surface area contributed by atoms with E-state index in [1.54, 1.807) is 0 Å². The van der Waals surface area contributed by atoms with Crippen molar-refractivity contribution in [2.45, 2.75) is 58.3 Å². The molecule has 0 radical (unpaired) electrons. The van der Waals surface area contributed by atoms with Gasteiger partial charge in [-0.05, 0) is 85.5 Å². The zero-order valence-electron chi connectivity index (χ0n) is 28.8. The molecule has 9 rings (SSSR count). The quantitative estimate of drug-likeness (QED) is 0.189. The van der Waals surface area contributed by atoms with Crippen molar-refractivity contribution in [3.8, 4) is 56.4 Å². The van der Waals surface area contributed by atoms with Crippen LogP contribution in [0.4, 0.5) is 0 Å². The lowest BCUT2D eigenvalue weighted by atomic mass is 9.79. The molecule has 0 spiro atoms. The van der Waals surface area contributed by atoms with Crippen molar-refractivity contribution >= 4 is 10.8 Å². The molecule has 0 saturated heterocycles. The van der Waals surface area contributed by atoms with Crippen LogP contribution in [0.1, 0.15) is 68.9 Å². The van der Waals surface area contributed by atoms with E-state index in [-0.39, 0.29) is 10.8 Å². The Morgan fingerprint density at radius 1 is 0.449 bits per heavy atom. The van der Waals surface area contributed by atoms with Crippen LogP contribution in [0.15, 0.2) is 121 Å². The highest BCUT2D eigenvalue weighted by molar-refractivity contribution is 6.09. The van der Waals surface area contributed by atoms with Gasteiger partial charge in [-0.1, -0.05) is 144 Å². The molecule has 238 valence electrons. The molecule has 3 heteroatoms. The zero-order valence-corrected chi connectivity index (χ0v) is 28.8. The fraction of sp³-hybridized carbons (Fsp3) is 0.196. The molecule has 0 atom stereocenters. The molecule has 0 aliphatic heterocycles. The summed E-state index contributed by atoms with van der Waals surface area (Å²) in [5, 5.41) is 2.45. The van der Waals surface area contributed by atoms with E-state index in [1.165, 1.54) is 60.8 Å². The summed E-state index contributed by atoms with van der Waals surface area (Å²) in [4.78, 5) is 15.4. The average Bonchev–Trinajstić information content (AvgIpc) is 3.50. The molecule has 2 aliphatic carbocycles. The van der Waals surface area contributed by atoms with Crippen molar-refractivity contribution in [1.82, 2.24) is 15.0 Å². The molecule has 0 saturated carbocycles. The van der Waals surface area contributed by atoms with E-state index in [1.807, 2.05) is 36.4 Å². The second-order valence-electron chi connectivity index (χ2n) is 14.8.